The number of hydrogen-bond donors (Lipinski definition) is 2. The number of benzene rings is 1. The van der Waals surface area contributed by atoms with E-state index in [0.29, 0.717) is 23.1 Å². The van der Waals surface area contributed by atoms with E-state index < -0.39 is 10.0 Å². The van der Waals surface area contributed by atoms with E-state index in [0.717, 1.165) is 0 Å². The van der Waals surface area contributed by atoms with Crippen LogP contribution in [-0.4, -0.2) is 19.9 Å². The van der Waals surface area contributed by atoms with E-state index in [-0.39, 0.29) is 9.92 Å². The highest BCUT2D eigenvalue weighted by Crippen LogP contribution is 2.24. The van der Waals surface area contributed by atoms with Crippen molar-refractivity contribution in [3.05, 3.63) is 46.6 Å². The van der Waals surface area contributed by atoms with Crippen LogP contribution in [0.1, 0.15) is 6.92 Å². The number of aromatic nitrogens is 1. The Morgan fingerprint density at radius 3 is 2.62 bits per heavy atom. The molecule has 8 heteroatoms. The Morgan fingerprint density at radius 1 is 1.24 bits per heavy atom. The van der Waals surface area contributed by atoms with Gasteiger partial charge in [0.25, 0.3) is 10.0 Å². The lowest BCUT2D eigenvalue weighted by molar-refractivity contribution is 0.601. The predicted molar refractivity (Wildman–Crippen MR) is 85.7 cm³/mol. The normalized spacial score (nSPS) is 11.2. The standard InChI is InChI=1S/C13H13Cl2N3O2S/c1-2-16-13-12(15)7-11(8-17-13)21(19,20)18-10-5-3-4-9(14)6-10/h3-8,18H,2H2,1H3,(H,16,17). The molecule has 0 saturated carbocycles. The Labute approximate surface area is 133 Å². The van der Waals surface area contributed by atoms with Gasteiger partial charge < -0.3 is 5.32 Å². The first-order valence-electron chi connectivity index (χ1n) is 6.10. The van der Waals surface area contributed by atoms with Gasteiger partial charge in [0.05, 0.1) is 10.7 Å². The van der Waals surface area contributed by atoms with Crippen molar-refractivity contribution in [1.82, 2.24) is 4.98 Å². The second-order valence-electron chi connectivity index (χ2n) is 4.15. The summed E-state index contributed by atoms with van der Waals surface area (Å²) in [4.78, 5) is 3.99. The molecule has 2 rings (SSSR count). The molecule has 2 aromatic rings. The minimum Gasteiger partial charge on any atom is -0.369 e. The Bertz CT molecular complexity index is 751. The molecule has 2 N–H and O–H groups in total. The lowest BCUT2D eigenvalue weighted by atomic mass is 10.3. The first-order valence-corrected chi connectivity index (χ1v) is 8.34. The number of nitrogens with one attached hydrogen (secondary N) is 2. The van der Waals surface area contributed by atoms with E-state index in [1.165, 1.54) is 18.3 Å². The number of hydrogen-bond acceptors (Lipinski definition) is 4. The van der Waals surface area contributed by atoms with E-state index in [1.54, 1.807) is 18.2 Å². The fraction of sp³-hybridized carbons (Fsp3) is 0.154. The molecular weight excluding hydrogens is 333 g/mol. The van der Waals surface area contributed by atoms with Gasteiger partial charge in [-0.25, -0.2) is 13.4 Å². The molecule has 5 nitrogen and oxygen atoms in total. The molecule has 0 aliphatic rings. The molecule has 112 valence electrons. The van der Waals surface area contributed by atoms with Crippen LogP contribution in [0.2, 0.25) is 10.0 Å². The third-order valence-electron chi connectivity index (χ3n) is 2.55. The summed E-state index contributed by atoms with van der Waals surface area (Å²) in [6, 6.07) is 7.77. The van der Waals surface area contributed by atoms with Crippen LogP contribution >= 0.6 is 23.2 Å². The predicted octanol–water partition coefficient (Wildman–Crippen LogP) is 3.62. The summed E-state index contributed by atoms with van der Waals surface area (Å²) in [6.45, 7) is 2.53. The third kappa shape index (κ3) is 4.00. The molecule has 0 fully saturated rings. The van der Waals surface area contributed by atoms with Crippen molar-refractivity contribution < 1.29 is 8.42 Å². The first-order chi connectivity index (χ1) is 9.92. The van der Waals surface area contributed by atoms with Gasteiger partial charge in [0.2, 0.25) is 0 Å². The number of sulfonamides is 1. The summed E-state index contributed by atoms with van der Waals surface area (Å²) < 4.78 is 26.9. The van der Waals surface area contributed by atoms with Gasteiger partial charge in [-0.3, -0.25) is 4.72 Å². The number of anilines is 2. The zero-order chi connectivity index (χ0) is 15.5. The van der Waals surface area contributed by atoms with Gasteiger partial charge in [0, 0.05) is 17.8 Å². The van der Waals surface area contributed by atoms with Crippen LogP contribution < -0.4 is 10.0 Å². The maximum absolute atomic E-state index is 12.3. The quantitative estimate of drug-likeness (QED) is 0.867. The number of rotatable bonds is 5. The molecule has 0 saturated heterocycles. The minimum atomic E-state index is -3.77. The number of halogens is 2. The van der Waals surface area contributed by atoms with Crippen molar-refractivity contribution in [1.29, 1.82) is 0 Å². The van der Waals surface area contributed by atoms with Crippen molar-refractivity contribution in [2.24, 2.45) is 0 Å². The Balaban J connectivity index is 2.29. The van der Waals surface area contributed by atoms with Crippen molar-refractivity contribution >= 4 is 44.7 Å². The third-order valence-corrected chi connectivity index (χ3v) is 4.42. The summed E-state index contributed by atoms with van der Waals surface area (Å²) in [6.07, 6.45) is 1.25. The summed E-state index contributed by atoms with van der Waals surface area (Å²) in [5, 5.41) is 3.62. The monoisotopic (exact) mass is 345 g/mol. The van der Waals surface area contributed by atoms with Gasteiger partial charge in [0.15, 0.2) is 0 Å². The molecule has 21 heavy (non-hydrogen) atoms. The molecule has 0 bridgehead atoms. The maximum atomic E-state index is 12.3. The van der Waals surface area contributed by atoms with Crippen molar-refractivity contribution in [3.8, 4) is 0 Å². The molecule has 1 heterocycles. The molecule has 0 aliphatic carbocycles. The van der Waals surface area contributed by atoms with Crippen LogP contribution in [0.5, 0.6) is 0 Å². The highest BCUT2D eigenvalue weighted by molar-refractivity contribution is 7.92. The molecular formula is C13H13Cl2N3O2S. The van der Waals surface area contributed by atoms with Crippen LogP contribution in [0.3, 0.4) is 0 Å². The van der Waals surface area contributed by atoms with Crippen LogP contribution in [0.25, 0.3) is 0 Å². The maximum Gasteiger partial charge on any atom is 0.263 e. The molecule has 0 spiro atoms. The average molecular weight is 346 g/mol. The second-order valence-corrected chi connectivity index (χ2v) is 6.67. The van der Waals surface area contributed by atoms with Crippen molar-refractivity contribution in [2.75, 3.05) is 16.6 Å². The van der Waals surface area contributed by atoms with Crippen LogP contribution in [-0.2, 0) is 10.0 Å². The summed E-state index contributed by atoms with van der Waals surface area (Å²) in [5.41, 5.74) is 0.370. The lowest BCUT2D eigenvalue weighted by Gasteiger charge is -2.10. The fourth-order valence-corrected chi connectivity index (χ4v) is 3.14. The van der Waals surface area contributed by atoms with E-state index >= 15 is 0 Å². The smallest absolute Gasteiger partial charge is 0.263 e. The fourth-order valence-electron chi connectivity index (χ4n) is 1.63. The van der Waals surface area contributed by atoms with Gasteiger partial charge >= 0.3 is 0 Å². The van der Waals surface area contributed by atoms with E-state index in [4.69, 9.17) is 23.2 Å². The second kappa shape index (κ2) is 6.51. The van der Waals surface area contributed by atoms with E-state index in [1.807, 2.05) is 6.92 Å². The van der Waals surface area contributed by atoms with Gasteiger partial charge in [-0.15, -0.1) is 0 Å². The lowest BCUT2D eigenvalue weighted by Crippen LogP contribution is -2.13. The zero-order valence-corrected chi connectivity index (χ0v) is 13.4. The average Bonchev–Trinajstić information content (AvgIpc) is 2.40. The summed E-state index contributed by atoms with van der Waals surface area (Å²) in [5.74, 6) is 0.445. The Morgan fingerprint density at radius 2 is 2.00 bits per heavy atom. The molecule has 0 atom stereocenters. The topological polar surface area (TPSA) is 71.1 Å². The summed E-state index contributed by atoms with van der Waals surface area (Å²) in [7, 11) is -3.77. The first kappa shape index (κ1) is 15.9. The molecule has 0 aliphatic heterocycles. The van der Waals surface area contributed by atoms with E-state index in [2.05, 4.69) is 15.0 Å². The SMILES string of the molecule is CCNc1ncc(S(=O)(=O)Nc2cccc(Cl)c2)cc1Cl. The molecule has 0 radical (unpaired) electrons. The number of nitrogens with zero attached hydrogens (tertiary/aromatic N) is 1. The summed E-state index contributed by atoms with van der Waals surface area (Å²) >= 11 is 11.8. The molecule has 1 aromatic carbocycles. The molecule has 0 amide bonds. The van der Waals surface area contributed by atoms with Crippen molar-refractivity contribution in [2.45, 2.75) is 11.8 Å². The van der Waals surface area contributed by atoms with Crippen LogP contribution in [0.4, 0.5) is 11.5 Å². The molecule has 1 aromatic heterocycles. The Kier molecular flexibility index (Phi) is 4.92. The van der Waals surface area contributed by atoms with Crippen molar-refractivity contribution in [3.63, 3.8) is 0 Å². The Hall–Kier alpha value is -1.50. The molecule has 0 unspecified atom stereocenters. The van der Waals surface area contributed by atoms with E-state index in [9.17, 15) is 8.42 Å². The zero-order valence-electron chi connectivity index (χ0n) is 11.1. The highest BCUT2D eigenvalue weighted by atomic mass is 35.5. The van der Waals surface area contributed by atoms with Gasteiger partial charge in [-0.1, -0.05) is 29.3 Å². The number of pyridine rings is 1. The minimum absolute atomic E-state index is 0.0193. The largest absolute Gasteiger partial charge is 0.369 e. The van der Waals surface area contributed by atoms with Crippen LogP contribution in [0.15, 0.2) is 41.4 Å². The van der Waals surface area contributed by atoms with Gasteiger partial charge in [0.1, 0.15) is 10.7 Å². The van der Waals surface area contributed by atoms with Crippen LogP contribution in [0, 0.1) is 0 Å². The van der Waals surface area contributed by atoms with Gasteiger partial charge in [-0.2, -0.15) is 0 Å². The van der Waals surface area contributed by atoms with Gasteiger partial charge in [-0.05, 0) is 31.2 Å². The highest BCUT2D eigenvalue weighted by Gasteiger charge is 2.17.